The van der Waals surface area contributed by atoms with Crippen LogP contribution < -0.4 is 21.2 Å². The highest BCUT2D eigenvalue weighted by Crippen LogP contribution is 2.00. The maximum atomic E-state index is 11.0. The van der Waals surface area contributed by atoms with Gasteiger partial charge in [-0.1, -0.05) is 30.4 Å². The van der Waals surface area contributed by atoms with E-state index in [9.17, 15) is 4.79 Å². The van der Waals surface area contributed by atoms with Crippen LogP contribution in [0.1, 0.15) is 16.8 Å². The Morgan fingerprint density at radius 2 is 2.12 bits per heavy atom. The predicted octanol–water partition coefficient (Wildman–Crippen LogP) is -0.472. The van der Waals surface area contributed by atoms with Gasteiger partial charge >= 0.3 is 27.2 Å². The number of halogens is 1. The third-order valence-electron chi connectivity index (χ3n) is 2.29. The summed E-state index contributed by atoms with van der Waals surface area (Å²) in [6, 6.07) is 7.35. The van der Waals surface area contributed by atoms with E-state index in [4.69, 9.17) is 5.11 Å². The van der Waals surface area contributed by atoms with Crippen molar-refractivity contribution in [3.63, 3.8) is 0 Å². The van der Waals surface area contributed by atoms with Crippen LogP contribution in [0.15, 0.2) is 48.6 Å². The van der Waals surface area contributed by atoms with Crippen molar-refractivity contribution in [1.82, 2.24) is 0 Å². The van der Waals surface area contributed by atoms with Crippen molar-refractivity contribution in [2.75, 3.05) is 0 Å². The molecule has 0 spiro atoms. The number of carboxylic acids is 1. The van der Waals surface area contributed by atoms with Gasteiger partial charge in [0.2, 0.25) is 3.57 Å². The Bertz CT molecular complexity index is 449. The van der Waals surface area contributed by atoms with E-state index in [1.165, 1.54) is 0 Å². The Hall–Kier alpha value is -1.10. The third kappa shape index (κ3) is 2.72. The van der Waals surface area contributed by atoms with Crippen molar-refractivity contribution in [2.24, 2.45) is 0 Å². The molecule has 82 valence electrons. The highest BCUT2D eigenvalue weighted by atomic mass is 127. The van der Waals surface area contributed by atoms with Crippen LogP contribution in [-0.2, 0) is 0 Å². The molecule has 0 radical (unpaired) electrons. The van der Waals surface area contributed by atoms with Gasteiger partial charge in [-0.25, -0.2) is 4.79 Å². The average Bonchev–Trinajstić information content (AvgIpc) is 2.31. The van der Waals surface area contributed by atoms with E-state index >= 15 is 0 Å². The number of hydrogen-bond acceptors (Lipinski definition) is 1. The van der Waals surface area contributed by atoms with E-state index in [2.05, 4.69) is 18.2 Å². The second kappa shape index (κ2) is 5.30. The van der Waals surface area contributed by atoms with Gasteiger partial charge < -0.3 is 5.11 Å². The first-order chi connectivity index (χ1) is 7.77. The highest BCUT2D eigenvalue weighted by Gasteiger charge is 2.27. The van der Waals surface area contributed by atoms with E-state index < -0.39 is 5.97 Å². The number of aromatic carboxylic acids is 1. The second-order valence-electron chi connectivity index (χ2n) is 3.46. The van der Waals surface area contributed by atoms with E-state index in [1.807, 2.05) is 18.2 Å². The molecule has 2 nitrogen and oxygen atoms in total. The van der Waals surface area contributed by atoms with Crippen molar-refractivity contribution in [3.05, 3.63) is 57.7 Å². The molecule has 1 atom stereocenters. The van der Waals surface area contributed by atoms with Gasteiger partial charge in [0.15, 0.2) is 3.92 Å². The molecule has 0 fully saturated rings. The molecule has 1 aromatic carbocycles. The molecule has 0 heterocycles. The van der Waals surface area contributed by atoms with Gasteiger partial charge in [0.05, 0.1) is 0 Å². The zero-order valence-electron chi connectivity index (χ0n) is 8.64. The lowest BCUT2D eigenvalue weighted by molar-refractivity contribution is -0.652. The van der Waals surface area contributed by atoms with Crippen LogP contribution in [0.4, 0.5) is 0 Å². The number of rotatable bonds is 3. The van der Waals surface area contributed by atoms with Crippen molar-refractivity contribution in [1.29, 1.82) is 0 Å². The molecule has 2 rings (SSSR count). The van der Waals surface area contributed by atoms with Crippen LogP contribution in [0.25, 0.3) is 0 Å². The largest absolute Gasteiger partial charge is 0.478 e. The third-order valence-corrected chi connectivity index (χ3v) is 5.63. The fraction of sp³-hybridized carbons (Fsp3) is 0.154. The molecule has 1 aliphatic carbocycles. The van der Waals surface area contributed by atoms with Crippen molar-refractivity contribution < 1.29 is 31.1 Å². The summed E-state index contributed by atoms with van der Waals surface area (Å²) in [6.45, 7) is 0. The minimum absolute atomic E-state index is 0.269. The first-order valence-corrected chi connectivity index (χ1v) is 7.39. The molecule has 1 N–H and O–H groups in total. The normalized spacial score (nSPS) is 18.6. The lowest BCUT2D eigenvalue weighted by Crippen LogP contribution is -3.65. The number of carboxylic acid groups (broad SMARTS) is 1. The fourth-order valence-electron chi connectivity index (χ4n) is 1.51. The maximum Gasteiger partial charge on any atom is 0.340 e. The molecule has 1 aliphatic rings. The standard InChI is InChI=1S/C13H11IO2/c15-13(16)11-8-4-5-9-12(11)14-10-6-2-1-3-7-10/h1-6,8-10H,7H2/p+1. The molecular formula is C13H12IO2+. The molecule has 3 heteroatoms. The van der Waals surface area contributed by atoms with E-state index in [0.29, 0.717) is 9.49 Å². The lowest BCUT2D eigenvalue weighted by Gasteiger charge is -2.01. The smallest absolute Gasteiger partial charge is 0.340 e. The molecule has 0 bridgehead atoms. The molecular weight excluding hydrogens is 315 g/mol. The quantitative estimate of drug-likeness (QED) is 0.602. The first-order valence-electron chi connectivity index (χ1n) is 5.06. The van der Waals surface area contributed by atoms with Gasteiger partial charge in [0.25, 0.3) is 0 Å². The maximum absolute atomic E-state index is 11.0. The zero-order chi connectivity index (χ0) is 11.4. The molecule has 0 aliphatic heterocycles. The fourth-order valence-corrected chi connectivity index (χ4v) is 4.53. The molecule has 0 saturated carbocycles. The van der Waals surface area contributed by atoms with Crippen LogP contribution in [0.5, 0.6) is 0 Å². The summed E-state index contributed by atoms with van der Waals surface area (Å²) >= 11 is -0.269. The summed E-state index contributed by atoms with van der Waals surface area (Å²) in [5.74, 6) is -0.814. The monoisotopic (exact) mass is 327 g/mol. The summed E-state index contributed by atoms with van der Waals surface area (Å²) in [4.78, 5) is 11.0. The molecule has 0 saturated heterocycles. The summed E-state index contributed by atoms with van der Waals surface area (Å²) in [6.07, 6.45) is 9.47. The van der Waals surface area contributed by atoms with Gasteiger partial charge in [-0.2, -0.15) is 0 Å². The summed E-state index contributed by atoms with van der Waals surface area (Å²) in [7, 11) is 0. The van der Waals surface area contributed by atoms with Gasteiger partial charge in [0.1, 0.15) is 5.56 Å². The van der Waals surface area contributed by atoms with Crippen LogP contribution in [-0.4, -0.2) is 15.0 Å². The Morgan fingerprint density at radius 3 is 2.81 bits per heavy atom. The minimum atomic E-state index is -0.814. The van der Waals surface area contributed by atoms with Crippen molar-refractivity contribution in [2.45, 2.75) is 10.3 Å². The summed E-state index contributed by atoms with van der Waals surface area (Å²) in [5.41, 5.74) is 0.471. The second-order valence-corrected chi connectivity index (χ2v) is 6.84. The summed E-state index contributed by atoms with van der Waals surface area (Å²) in [5, 5.41) is 9.08. The van der Waals surface area contributed by atoms with Crippen molar-refractivity contribution in [3.8, 4) is 0 Å². The first kappa shape index (κ1) is 11.4. The topological polar surface area (TPSA) is 37.3 Å². The number of allylic oxidation sites excluding steroid dienone is 4. The van der Waals surface area contributed by atoms with E-state index in [-0.39, 0.29) is 21.2 Å². The van der Waals surface area contributed by atoms with Crippen molar-refractivity contribution >= 4 is 5.97 Å². The molecule has 0 amide bonds. The Labute approximate surface area is 105 Å². The Balaban J connectivity index is 2.17. The highest BCUT2D eigenvalue weighted by molar-refractivity contribution is 5.87. The van der Waals surface area contributed by atoms with Crippen LogP contribution in [0.3, 0.4) is 0 Å². The van der Waals surface area contributed by atoms with Crippen LogP contribution >= 0.6 is 0 Å². The predicted molar refractivity (Wildman–Crippen MR) is 58.8 cm³/mol. The number of hydrogen-bond donors (Lipinski definition) is 1. The van der Waals surface area contributed by atoms with Crippen LogP contribution in [0, 0.1) is 3.57 Å². The van der Waals surface area contributed by atoms with Crippen LogP contribution in [0.2, 0.25) is 0 Å². The van der Waals surface area contributed by atoms with E-state index in [1.54, 1.807) is 12.1 Å². The summed E-state index contributed by atoms with van der Waals surface area (Å²) < 4.78 is 1.56. The van der Waals surface area contributed by atoms with E-state index in [0.717, 1.165) is 9.99 Å². The number of alkyl halides is 1. The lowest BCUT2D eigenvalue weighted by atomic mass is 10.2. The molecule has 1 unspecified atom stereocenters. The van der Waals surface area contributed by atoms with Gasteiger partial charge in [0, 0.05) is 6.42 Å². The molecule has 0 aromatic heterocycles. The Morgan fingerprint density at radius 1 is 1.31 bits per heavy atom. The molecule has 16 heavy (non-hydrogen) atoms. The molecule has 1 aromatic rings. The number of benzene rings is 1. The van der Waals surface area contributed by atoms with Gasteiger partial charge in [-0.3, -0.25) is 0 Å². The van der Waals surface area contributed by atoms with Gasteiger partial charge in [-0.05, 0) is 18.2 Å². The SMILES string of the molecule is O=C(O)c1ccccc1[I+]C1C=CC=CC1. The Kier molecular flexibility index (Phi) is 3.77. The zero-order valence-corrected chi connectivity index (χ0v) is 10.8. The average molecular weight is 327 g/mol. The van der Waals surface area contributed by atoms with Gasteiger partial charge in [-0.15, -0.1) is 0 Å². The number of carbonyl (C=O) groups is 1. The minimum Gasteiger partial charge on any atom is -0.478 e.